The van der Waals surface area contributed by atoms with E-state index in [-0.39, 0.29) is 5.69 Å². The van der Waals surface area contributed by atoms with Crippen molar-refractivity contribution in [1.82, 2.24) is 4.98 Å². The summed E-state index contributed by atoms with van der Waals surface area (Å²) in [5.74, 6) is -1.04. The molecule has 2 N–H and O–H groups in total. The van der Waals surface area contributed by atoms with Gasteiger partial charge >= 0.3 is 5.97 Å². The van der Waals surface area contributed by atoms with Gasteiger partial charge in [0.15, 0.2) is 10.8 Å². The van der Waals surface area contributed by atoms with Crippen LogP contribution >= 0.6 is 23.1 Å². The Morgan fingerprint density at radius 2 is 2.17 bits per heavy atom. The largest absolute Gasteiger partial charge is 0.476 e. The lowest BCUT2D eigenvalue weighted by atomic mass is 10.3. The van der Waals surface area contributed by atoms with E-state index in [0.29, 0.717) is 5.13 Å². The van der Waals surface area contributed by atoms with Crippen molar-refractivity contribution in [2.75, 3.05) is 5.32 Å². The van der Waals surface area contributed by atoms with Crippen molar-refractivity contribution in [2.24, 2.45) is 0 Å². The van der Waals surface area contributed by atoms with Gasteiger partial charge in [-0.15, -0.1) is 11.3 Å². The van der Waals surface area contributed by atoms with Gasteiger partial charge in [-0.3, -0.25) is 0 Å². The Hall–Kier alpha value is -2.04. The first-order valence-corrected chi connectivity index (χ1v) is 6.50. The number of thiazole rings is 1. The lowest BCUT2D eigenvalue weighted by molar-refractivity contribution is 0.0691. The second-order valence-corrected chi connectivity index (χ2v) is 4.90. The van der Waals surface area contributed by atoms with Crippen molar-refractivity contribution in [1.29, 1.82) is 5.26 Å². The maximum absolute atomic E-state index is 10.7. The number of thiocyanates is 1. The highest BCUT2D eigenvalue weighted by Crippen LogP contribution is 2.23. The molecule has 0 aliphatic rings. The fourth-order valence-electron chi connectivity index (χ4n) is 1.21. The molecule has 7 heteroatoms. The highest BCUT2D eigenvalue weighted by atomic mass is 32.2. The van der Waals surface area contributed by atoms with Crippen molar-refractivity contribution in [3.63, 3.8) is 0 Å². The fraction of sp³-hybridized carbons (Fsp3) is 0. The maximum Gasteiger partial charge on any atom is 0.355 e. The monoisotopic (exact) mass is 277 g/mol. The van der Waals surface area contributed by atoms with Crippen molar-refractivity contribution in [2.45, 2.75) is 4.90 Å². The molecule has 0 radical (unpaired) electrons. The smallest absolute Gasteiger partial charge is 0.355 e. The van der Waals surface area contributed by atoms with Crippen LogP contribution in [0.3, 0.4) is 0 Å². The zero-order valence-corrected chi connectivity index (χ0v) is 10.6. The second-order valence-electron chi connectivity index (χ2n) is 3.19. The van der Waals surface area contributed by atoms with Crippen molar-refractivity contribution in [3.8, 4) is 5.40 Å². The standard InChI is InChI=1S/C11H7N3O2S2/c12-6-18-8-3-1-7(2-4-8)13-11-14-9(5-17-11)10(15)16/h1-5H,(H,13,14)(H,15,16). The van der Waals surface area contributed by atoms with Crippen molar-refractivity contribution >= 4 is 39.9 Å². The summed E-state index contributed by atoms with van der Waals surface area (Å²) in [5.41, 5.74) is 0.822. The van der Waals surface area contributed by atoms with Gasteiger partial charge in [-0.25, -0.2) is 9.78 Å². The van der Waals surface area contributed by atoms with Gasteiger partial charge in [-0.2, -0.15) is 5.26 Å². The van der Waals surface area contributed by atoms with Gasteiger partial charge in [0.25, 0.3) is 0 Å². The first-order chi connectivity index (χ1) is 8.69. The number of hydrogen-bond donors (Lipinski definition) is 2. The predicted octanol–water partition coefficient (Wildman–Crippen LogP) is 3.16. The Balaban J connectivity index is 2.08. The van der Waals surface area contributed by atoms with Gasteiger partial charge in [-0.05, 0) is 36.0 Å². The lowest BCUT2D eigenvalue weighted by Crippen LogP contribution is -1.97. The number of thioether (sulfide) groups is 1. The van der Waals surface area contributed by atoms with Crippen LogP contribution in [-0.4, -0.2) is 16.1 Å². The van der Waals surface area contributed by atoms with E-state index in [2.05, 4.69) is 10.3 Å². The van der Waals surface area contributed by atoms with Crippen molar-refractivity contribution in [3.05, 3.63) is 35.3 Å². The molecule has 5 nitrogen and oxygen atoms in total. The molecule has 1 heterocycles. The van der Waals surface area contributed by atoms with Gasteiger partial charge < -0.3 is 10.4 Å². The third kappa shape index (κ3) is 3.00. The van der Waals surface area contributed by atoms with E-state index in [1.54, 1.807) is 0 Å². The molecule has 2 aromatic rings. The molecule has 90 valence electrons. The minimum absolute atomic E-state index is 0.0270. The summed E-state index contributed by atoms with van der Waals surface area (Å²) in [7, 11) is 0. The number of aromatic carboxylic acids is 1. The van der Waals surface area contributed by atoms with Gasteiger partial charge in [-0.1, -0.05) is 0 Å². The second kappa shape index (κ2) is 5.53. The number of carboxylic acids is 1. The molecule has 0 atom stereocenters. The number of nitrogens with zero attached hydrogens (tertiary/aromatic N) is 2. The average Bonchev–Trinajstić information content (AvgIpc) is 2.81. The summed E-state index contributed by atoms with van der Waals surface area (Å²) in [6.07, 6.45) is 0. The molecule has 0 aliphatic carbocycles. The predicted molar refractivity (Wildman–Crippen MR) is 70.3 cm³/mol. The summed E-state index contributed by atoms with van der Waals surface area (Å²) < 4.78 is 0. The van der Waals surface area contributed by atoms with Gasteiger partial charge in [0.05, 0.1) is 0 Å². The van der Waals surface area contributed by atoms with Gasteiger partial charge in [0, 0.05) is 16.0 Å². The van der Waals surface area contributed by atoms with E-state index >= 15 is 0 Å². The number of carboxylic acid groups (broad SMARTS) is 1. The molecule has 0 bridgehead atoms. The zero-order valence-electron chi connectivity index (χ0n) is 8.95. The Labute approximate surface area is 111 Å². The van der Waals surface area contributed by atoms with Crippen LogP contribution in [0.4, 0.5) is 10.8 Å². The van der Waals surface area contributed by atoms with E-state index in [4.69, 9.17) is 10.4 Å². The Kier molecular flexibility index (Phi) is 3.82. The molecule has 18 heavy (non-hydrogen) atoms. The number of nitrogens with one attached hydrogen (secondary N) is 1. The number of carbonyl (C=O) groups is 1. The molecule has 0 saturated heterocycles. The fourth-order valence-corrected chi connectivity index (χ4v) is 2.29. The van der Waals surface area contributed by atoms with E-state index in [1.807, 2.05) is 29.7 Å². The van der Waals surface area contributed by atoms with Crippen molar-refractivity contribution < 1.29 is 9.90 Å². The zero-order chi connectivity index (χ0) is 13.0. The van der Waals surface area contributed by atoms with Crippen LogP contribution < -0.4 is 5.32 Å². The van der Waals surface area contributed by atoms with Crippen LogP contribution in [0.5, 0.6) is 0 Å². The maximum atomic E-state index is 10.7. The number of benzene rings is 1. The topological polar surface area (TPSA) is 86.0 Å². The Bertz CT molecular complexity index is 601. The number of rotatable bonds is 4. The van der Waals surface area contributed by atoms with Crippen LogP contribution in [0.2, 0.25) is 0 Å². The highest BCUT2D eigenvalue weighted by Gasteiger charge is 2.08. The lowest BCUT2D eigenvalue weighted by Gasteiger charge is -2.02. The average molecular weight is 277 g/mol. The minimum atomic E-state index is -1.04. The molecule has 0 aliphatic heterocycles. The molecule has 1 aromatic carbocycles. The minimum Gasteiger partial charge on any atom is -0.476 e. The van der Waals surface area contributed by atoms with E-state index in [9.17, 15) is 4.79 Å². The van der Waals surface area contributed by atoms with E-state index in [0.717, 1.165) is 22.3 Å². The molecular weight excluding hydrogens is 270 g/mol. The summed E-state index contributed by atoms with van der Waals surface area (Å²) in [5, 5.41) is 24.2. The molecular formula is C11H7N3O2S2. The van der Waals surface area contributed by atoms with E-state index < -0.39 is 5.97 Å². The van der Waals surface area contributed by atoms with Crippen LogP contribution in [0.25, 0.3) is 0 Å². The highest BCUT2D eigenvalue weighted by molar-refractivity contribution is 8.03. The van der Waals surface area contributed by atoms with Crippen LogP contribution in [0.1, 0.15) is 10.5 Å². The molecule has 2 rings (SSSR count). The normalized spacial score (nSPS) is 9.72. The van der Waals surface area contributed by atoms with Crippen LogP contribution in [0.15, 0.2) is 34.5 Å². The third-order valence-corrected chi connectivity index (χ3v) is 3.35. The summed E-state index contributed by atoms with van der Waals surface area (Å²) in [6.45, 7) is 0. The first kappa shape index (κ1) is 12.4. The first-order valence-electron chi connectivity index (χ1n) is 4.81. The molecule has 0 spiro atoms. The number of nitriles is 1. The number of hydrogen-bond acceptors (Lipinski definition) is 6. The Morgan fingerprint density at radius 3 is 2.72 bits per heavy atom. The number of anilines is 2. The summed E-state index contributed by atoms with van der Waals surface area (Å²) in [6, 6.07) is 7.23. The molecule has 0 fully saturated rings. The van der Waals surface area contributed by atoms with Gasteiger partial charge in [0.1, 0.15) is 5.40 Å². The van der Waals surface area contributed by atoms with Gasteiger partial charge in [0.2, 0.25) is 0 Å². The Morgan fingerprint density at radius 1 is 1.44 bits per heavy atom. The molecule has 0 saturated carbocycles. The molecule has 0 unspecified atom stereocenters. The van der Waals surface area contributed by atoms with Crippen LogP contribution in [-0.2, 0) is 0 Å². The quantitative estimate of drug-likeness (QED) is 0.659. The van der Waals surface area contributed by atoms with E-state index in [1.165, 1.54) is 16.7 Å². The molecule has 1 aromatic heterocycles. The number of aromatic nitrogens is 1. The summed E-state index contributed by atoms with van der Waals surface area (Å²) in [4.78, 5) is 15.4. The summed E-state index contributed by atoms with van der Waals surface area (Å²) >= 11 is 2.31. The van der Waals surface area contributed by atoms with Crippen LogP contribution in [0, 0.1) is 10.7 Å². The SMILES string of the molecule is N#CSc1ccc(Nc2nc(C(=O)O)cs2)cc1. The molecule has 0 amide bonds. The third-order valence-electron chi connectivity index (χ3n) is 1.99.